The van der Waals surface area contributed by atoms with Gasteiger partial charge in [0.1, 0.15) is 0 Å². The van der Waals surface area contributed by atoms with Crippen LogP contribution in [-0.2, 0) is 4.79 Å². The van der Waals surface area contributed by atoms with Gasteiger partial charge in [-0.3, -0.25) is 9.36 Å². The summed E-state index contributed by atoms with van der Waals surface area (Å²) in [6, 6.07) is 16.4. The molecule has 30 heavy (non-hydrogen) atoms. The highest BCUT2D eigenvalue weighted by atomic mass is 32.2. The summed E-state index contributed by atoms with van der Waals surface area (Å²) in [5, 5.41) is 13.6. The van der Waals surface area contributed by atoms with E-state index < -0.39 is 0 Å². The fourth-order valence-electron chi connectivity index (χ4n) is 3.55. The molecule has 0 aliphatic heterocycles. The van der Waals surface area contributed by atoms with Crippen LogP contribution in [0.1, 0.15) is 31.4 Å². The number of hydrogen-bond acceptors (Lipinski definition) is 4. The van der Waals surface area contributed by atoms with Crippen LogP contribution in [0.2, 0.25) is 0 Å². The zero-order chi connectivity index (χ0) is 20.7. The highest BCUT2D eigenvalue weighted by Crippen LogP contribution is 2.42. The molecule has 6 nitrogen and oxygen atoms in total. The lowest BCUT2D eigenvalue weighted by Crippen LogP contribution is -2.22. The number of anilines is 1. The number of benzene rings is 2. The lowest BCUT2D eigenvalue weighted by atomic mass is 10.1. The number of carbonyl (C=O) groups excluding carboxylic acids is 1. The first kappa shape index (κ1) is 18.9. The number of aromatic nitrogens is 4. The third-order valence-electron chi connectivity index (χ3n) is 5.38. The summed E-state index contributed by atoms with van der Waals surface area (Å²) < 4.78 is 2.20. The van der Waals surface area contributed by atoms with Crippen LogP contribution in [0, 0.1) is 6.92 Å². The van der Waals surface area contributed by atoms with Crippen molar-refractivity contribution in [2.75, 3.05) is 5.32 Å². The molecule has 1 saturated carbocycles. The summed E-state index contributed by atoms with van der Waals surface area (Å²) in [5.74, 6) is 0.825. The molecule has 0 unspecified atom stereocenters. The number of amides is 1. The Labute approximate surface area is 179 Å². The predicted octanol–water partition coefficient (Wildman–Crippen LogP) is 5.19. The summed E-state index contributed by atoms with van der Waals surface area (Å²) in [6.07, 6.45) is 4.23. The second kappa shape index (κ2) is 7.65. The highest BCUT2D eigenvalue weighted by Gasteiger charge is 2.32. The second-order valence-electron chi connectivity index (χ2n) is 7.77. The van der Waals surface area contributed by atoms with Crippen molar-refractivity contribution >= 4 is 34.3 Å². The molecule has 2 aromatic carbocycles. The van der Waals surface area contributed by atoms with Crippen molar-refractivity contribution in [2.24, 2.45) is 0 Å². The van der Waals surface area contributed by atoms with E-state index in [2.05, 4.69) is 37.2 Å². The minimum Gasteiger partial charge on any atom is -0.360 e. The highest BCUT2D eigenvalue weighted by molar-refractivity contribution is 8.00. The average molecular weight is 418 g/mol. The minimum absolute atomic E-state index is 0.0390. The van der Waals surface area contributed by atoms with Crippen LogP contribution in [0.5, 0.6) is 0 Å². The van der Waals surface area contributed by atoms with Crippen LogP contribution in [0.4, 0.5) is 5.69 Å². The molecule has 0 saturated heterocycles. The molecule has 152 valence electrons. The number of fused-ring (bicyclic) bond motifs is 1. The van der Waals surface area contributed by atoms with Gasteiger partial charge in [-0.25, -0.2) is 0 Å². The van der Waals surface area contributed by atoms with Gasteiger partial charge >= 0.3 is 0 Å². The molecule has 1 fully saturated rings. The Morgan fingerprint density at radius 3 is 2.70 bits per heavy atom. The number of aromatic amines is 1. The van der Waals surface area contributed by atoms with Gasteiger partial charge in [0, 0.05) is 34.4 Å². The molecule has 2 N–H and O–H groups in total. The number of thioether (sulfide) groups is 1. The summed E-state index contributed by atoms with van der Waals surface area (Å²) in [5.41, 5.74) is 4.10. The Morgan fingerprint density at radius 2 is 1.93 bits per heavy atom. The molecule has 2 aromatic heterocycles. The summed E-state index contributed by atoms with van der Waals surface area (Å²) in [6.45, 7) is 3.94. The van der Waals surface area contributed by atoms with Crippen molar-refractivity contribution in [1.29, 1.82) is 0 Å². The van der Waals surface area contributed by atoms with Gasteiger partial charge in [-0.15, -0.1) is 10.2 Å². The molecule has 1 atom stereocenters. The van der Waals surface area contributed by atoms with Crippen LogP contribution in [0.3, 0.4) is 0 Å². The number of para-hydroxylation sites is 1. The average Bonchev–Trinajstić information content (AvgIpc) is 3.37. The van der Waals surface area contributed by atoms with Crippen LogP contribution >= 0.6 is 11.8 Å². The largest absolute Gasteiger partial charge is 0.360 e. The van der Waals surface area contributed by atoms with E-state index in [1.54, 1.807) is 0 Å². The fraction of sp³-hybridized carbons (Fsp3) is 0.261. The lowest BCUT2D eigenvalue weighted by molar-refractivity contribution is -0.115. The molecule has 0 radical (unpaired) electrons. The third-order valence-corrected chi connectivity index (χ3v) is 6.43. The SMILES string of the molecule is Cc1ccc(NC(=O)[C@H](C)Sc2nnc(-c3c[nH]c4ccccc34)n2C2CC2)cc1. The van der Waals surface area contributed by atoms with E-state index in [4.69, 9.17) is 0 Å². The number of nitrogens with zero attached hydrogens (tertiary/aromatic N) is 3. The Kier molecular flexibility index (Phi) is 4.83. The van der Waals surface area contributed by atoms with E-state index in [0.717, 1.165) is 51.5 Å². The number of rotatable bonds is 6. The lowest BCUT2D eigenvalue weighted by Gasteiger charge is -2.13. The summed E-state index contributed by atoms with van der Waals surface area (Å²) in [4.78, 5) is 16.0. The zero-order valence-corrected chi connectivity index (χ0v) is 17.7. The van der Waals surface area contributed by atoms with Gasteiger partial charge in [-0.1, -0.05) is 47.7 Å². The molecular formula is C23H23N5OS. The van der Waals surface area contributed by atoms with Crippen molar-refractivity contribution < 1.29 is 4.79 Å². The van der Waals surface area contributed by atoms with Crippen LogP contribution < -0.4 is 5.32 Å². The van der Waals surface area contributed by atoms with E-state index in [-0.39, 0.29) is 11.2 Å². The fourth-order valence-corrected chi connectivity index (χ4v) is 4.47. The number of H-pyrrole nitrogens is 1. The van der Waals surface area contributed by atoms with E-state index >= 15 is 0 Å². The maximum atomic E-state index is 12.7. The Bertz CT molecular complexity index is 1210. The van der Waals surface area contributed by atoms with Gasteiger partial charge in [0.25, 0.3) is 0 Å². The van der Waals surface area contributed by atoms with Gasteiger partial charge in [0.05, 0.1) is 5.25 Å². The van der Waals surface area contributed by atoms with Crippen LogP contribution in [0.15, 0.2) is 59.9 Å². The summed E-state index contributed by atoms with van der Waals surface area (Å²) in [7, 11) is 0. The third kappa shape index (κ3) is 3.61. The normalized spacial score (nSPS) is 14.7. The van der Waals surface area contributed by atoms with E-state index in [9.17, 15) is 4.79 Å². The predicted molar refractivity (Wildman–Crippen MR) is 121 cm³/mol. The molecule has 0 bridgehead atoms. The van der Waals surface area contributed by atoms with Gasteiger partial charge in [0.2, 0.25) is 5.91 Å². The molecule has 2 heterocycles. The van der Waals surface area contributed by atoms with Gasteiger partial charge in [-0.05, 0) is 44.9 Å². The first-order valence-electron chi connectivity index (χ1n) is 10.2. The summed E-state index contributed by atoms with van der Waals surface area (Å²) >= 11 is 1.46. The number of nitrogens with one attached hydrogen (secondary N) is 2. The van der Waals surface area contributed by atoms with Gasteiger partial charge in [-0.2, -0.15) is 0 Å². The first-order chi connectivity index (χ1) is 14.6. The molecule has 5 rings (SSSR count). The first-order valence-corrected chi connectivity index (χ1v) is 11.0. The molecule has 1 aliphatic rings. The van der Waals surface area contributed by atoms with E-state index in [1.807, 2.05) is 56.4 Å². The van der Waals surface area contributed by atoms with Gasteiger partial charge < -0.3 is 10.3 Å². The Balaban J connectivity index is 1.40. The molecule has 7 heteroatoms. The van der Waals surface area contributed by atoms with Crippen LogP contribution in [0.25, 0.3) is 22.3 Å². The second-order valence-corrected chi connectivity index (χ2v) is 9.08. The van der Waals surface area contributed by atoms with Crippen molar-refractivity contribution in [3.8, 4) is 11.4 Å². The zero-order valence-electron chi connectivity index (χ0n) is 16.9. The van der Waals surface area contributed by atoms with Crippen molar-refractivity contribution in [2.45, 2.75) is 43.1 Å². The minimum atomic E-state index is -0.288. The number of hydrogen-bond donors (Lipinski definition) is 2. The molecule has 1 amide bonds. The maximum absolute atomic E-state index is 12.7. The van der Waals surface area contributed by atoms with Gasteiger partial charge in [0.15, 0.2) is 11.0 Å². The van der Waals surface area contributed by atoms with E-state index in [0.29, 0.717) is 6.04 Å². The number of aryl methyl sites for hydroxylation is 1. The molecule has 0 spiro atoms. The quantitative estimate of drug-likeness (QED) is 0.423. The van der Waals surface area contributed by atoms with Crippen molar-refractivity contribution in [3.63, 3.8) is 0 Å². The number of carbonyl (C=O) groups is 1. The Morgan fingerprint density at radius 1 is 1.17 bits per heavy atom. The molecule has 4 aromatic rings. The Hall–Kier alpha value is -3.06. The topological polar surface area (TPSA) is 75.6 Å². The standard InChI is InChI=1S/C23H23N5OS/c1-14-7-9-16(10-8-14)25-22(29)15(2)30-23-27-26-21(28(23)17-11-12-17)19-13-24-20-6-4-3-5-18(19)20/h3-10,13,15,17,24H,11-12H2,1-2H3,(H,25,29)/t15-/m0/s1. The molecular weight excluding hydrogens is 394 g/mol. The molecule has 1 aliphatic carbocycles. The van der Waals surface area contributed by atoms with Crippen molar-refractivity contribution in [3.05, 3.63) is 60.3 Å². The van der Waals surface area contributed by atoms with Crippen molar-refractivity contribution in [1.82, 2.24) is 19.7 Å². The smallest absolute Gasteiger partial charge is 0.237 e. The van der Waals surface area contributed by atoms with Crippen LogP contribution in [-0.4, -0.2) is 30.9 Å². The van der Waals surface area contributed by atoms with E-state index in [1.165, 1.54) is 11.8 Å². The monoisotopic (exact) mass is 417 g/mol. The maximum Gasteiger partial charge on any atom is 0.237 e.